The van der Waals surface area contributed by atoms with Gasteiger partial charge < -0.3 is 5.73 Å². The van der Waals surface area contributed by atoms with E-state index in [1.807, 2.05) is 6.07 Å². The van der Waals surface area contributed by atoms with E-state index in [2.05, 4.69) is 41.6 Å². The molecule has 0 fully saturated rings. The van der Waals surface area contributed by atoms with Gasteiger partial charge in [0.15, 0.2) is 0 Å². The summed E-state index contributed by atoms with van der Waals surface area (Å²) in [4.78, 5) is 0. The summed E-state index contributed by atoms with van der Waals surface area (Å²) in [7, 11) is 0. The molecule has 78 valence electrons. The molecule has 1 nitrogen and oxygen atoms in total. The first-order chi connectivity index (χ1) is 6.74. The summed E-state index contributed by atoms with van der Waals surface area (Å²) in [5, 5.41) is 0. The lowest BCUT2D eigenvalue weighted by Crippen LogP contribution is -1.92. The molecule has 0 saturated heterocycles. The van der Waals surface area contributed by atoms with Gasteiger partial charge in [0.1, 0.15) is 0 Å². The molecule has 1 aromatic carbocycles. The van der Waals surface area contributed by atoms with E-state index >= 15 is 0 Å². The van der Waals surface area contributed by atoms with E-state index in [4.69, 9.17) is 5.73 Å². The van der Waals surface area contributed by atoms with Gasteiger partial charge in [-0.2, -0.15) is 0 Å². The van der Waals surface area contributed by atoms with Gasteiger partial charge in [-0.1, -0.05) is 32.3 Å². The van der Waals surface area contributed by atoms with Crippen molar-refractivity contribution in [2.75, 3.05) is 5.73 Å². The summed E-state index contributed by atoms with van der Waals surface area (Å²) in [6.07, 6.45) is 6.49. The Morgan fingerprint density at radius 2 is 2.00 bits per heavy atom. The molecular formula is C12H18IN. The van der Waals surface area contributed by atoms with E-state index in [1.54, 1.807) is 0 Å². The maximum atomic E-state index is 5.70. The molecule has 1 aromatic rings. The summed E-state index contributed by atoms with van der Waals surface area (Å²) in [5.41, 5.74) is 8.01. The SMILES string of the molecule is CCCCCCc1ccc(N)cc1I. The molecule has 0 atom stereocenters. The van der Waals surface area contributed by atoms with Crippen LogP contribution in [0.5, 0.6) is 0 Å². The van der Waals surface area contributed by atoms with Crippen LogP contribution in [-0.2, 0) is 6.42 Å². The van der Waals surface area contributed by atoms with Crippen molar-refractivity contribution in [3.8, 4) is 0 Å². The van der Waals surface area contributed by atoms with E-state index in [0.29, 0.717) is 0 Å². The molecule has 2 heteroatoms. The number of rotatable bonds is 5. The Labute approximate surface area is 100 Å². The summed E-state index contributed by atoms with van der Waals surface area (Å²) >= 11 is 2.37. The lowest BCUT2D eigenvalue weighted by atomic mass is 10.1. The fourth-order valence-corrected chi connectivity index (χ4v) is 2.32. The Kier molecular flexibility index (Phi) is 5.30. The van der Waals surface area contributed by atoms with E-state index < -0.39 is 0 Å². The predicted molar refractivity (Wildman–Crippen MR) is 71.4 cm³/mol. The molecule has 2 N–H and O–H groups in total. The molecule has 0 aliphatic carbocycles. The van der Waals surface area contributed by atoms with E-state index in [9.17, 15) is 0 Å². The molecule has 0 spiro atoms. The molecule has 14 heavy (non-hydrogen) atoms. The van der Waals surface area contributed by atoms with Crippen LogP contribution in [0.25, 0.3) is 0 Å². The number of benzene rings is 1. The van der Waals surface area contributed by atoms with Gasteiger partial charge in [-0.3, -0.25) is 0 Å². The number of unbranched alkanes of at least 4 members (excludes halogenated alkanes) is 3. The highest BCUT2D eigenvalue weighted by atomic mass is 127. The number of halogens is 1. The molecule has 0 unspecified atom stereocenters. The quantitative estimate of drug-likeness (QED) is 0.497. The number of nitrogens with two attached hydrogens (primary N) is 1. The van der Waals surface area contributed by atoms with E-state index in [1.165, 1.54) is 41.2 Å². The predicted octanol–water partition coefficient (Wildman–Crippen LogP) is 4.00. The zero-order valence-electron chi connectivity index (χ0n) is 8.72. The zero-order valence-corrected chi connectivity index (χ0v) is 10.9. The number of hydrogen-bond donors (Lipinski definition) is 1. The van der Waals surface area contributed by atoms with Crippen LogP contribution in [0.3, 0.4) is 0 Å². The van der Waals surface area contributed by atoms with Crippen LogP contribution in [0.1, 0.15) is 38.2 Å². The van der Waals surface area contributed by atoms with Crippen molar-refractivity contribution in [1.29, 1.82) is 0 Å². The van der Waals surface area contributed by atoms with Gasteiger partial charge in [-0.25, -0.2) is 0 Å². The fourth-order valence-electron chi connectivity index (χ4n) is 1.51. The number of nitrogen functional groups attached to an aromatic ring is 1. The van der Waals surface area contributed by atoms with Crippen molar-refractivity contribution in [3.05, 3.63) is 27.3 Å². The van der Waals surface area contributed by atoms with Crippen LogP contribution in [-0.4, -0.2) is 0 Å². The largest absolute Gasteiger partial charge is 0.399 e. The Bertz CT molecular complexity index is 284. The summed E-state index contributed by atoms with van der Waals surface area (Å²) < 4.78 is 1.30. The monoisotopic (exact) mass is 303 g/mol. The van der Waals surface area contributed by atoms with Gasteiger partial charge in [-0.15, -0.1) is 0 Å². The number of anilines is 1. The minimum Gasteiger partial charge on any atom is -0.399 e. The zero-order chi connectivity index (χ0) is 10.4. The van der Waals surface area contributed by atoms with E-state index in [-0.39, 0.29) is 0 Å². The van der Waals surface area contributed by atoms with Crippen molar-refractivity contribution in [3.63, 3.8) is 0 Å². The fraction of sp³-hybridized carbons (Fsp3) is 0.500. The highest BCUT2D eigenvalue weighted by molar-refractivity contribution is 14.1. The molecule has 1 rings (SSSR count). The van der Waals surface area contributed by atoms with Gasteiger partial charge in [0.25, 0.3) is 0 Å². The molecule has 0 aliphatic heterocycles. The molecule has 0 radical (unpaired) electrons. The summed E-state index contributed by atoms with van der Waals surface area (Å²) in [6, 6.07) is 6.20. The minimum absolute atomic E-state index is 0.867. The highest BCUT2D eigenvalue weighted by Crippen LogP contribution is 2.18. The molecule has 0 aliphatic rings. The standard InChI is InChI=1S/C12H18IN/c1-2-3-4-5-6-10-7-8-11(14)9-12(10)13/h7-9H,2-6,14H2,1H3. The second-order valence-corrected chi connectivity index (χ2v) is 4.82. The highest BCUT2D eigenvalue weighted by Gasteiger charge is 1.99. The van der Waals surface area contributed by atoms with Gasteiger partial charge in [0.2, 0.25) is 0 Å². The van der Waals surface area contributed by atoms with Gasteiger partial charge in [0.05, 0.1) is 0 Å². The first-order valence-corrected chi connectivity index (χ1v) is 6.36. The van der Waals surface area contributed by atoms with Crippen LogP contribution in [0.4, 0.5) is 5.69 Å². The van der Waals surface area contributed by atoms with Crippen LogP contribution < -0.4 is 5.73 Å². The Morgan fingerprint density at radius 3 is 2.64 bits per heavy atom. The summed E-state index contributed by atoms with van der Waals surface area (Å²) in [5.74, 6) is 0. The van der Waals surface area contributed by atoms with Gasteiger partial charge >= 0.3 is 0 Å². The third-order valence-corrected chi connectivity index (χ3v) is 3.38. The van der Waals surface area contributed by atoms with E-state index in [0.717, 1.165) is 5.69 Å². The number of hydrogen-bond acceptors (Lipinski definition) is 1. The van der Waals surface area contributed by atoms with Gasteiger partial charge in [0, 0.05) is 9.26 Å². The second kappa shape index (κ2) is 6.27. The van der Waals surface area contributed by atoms with Crippen LogP contribution in [0.2, 0.25) is 0 Å². The Hall–Kier alpha value is -0.250. The minimum atomic E-state index is 0.867. The van der Waals surface area contributed by atoms with Crippen LogP contribution in [0, 0.1) is 3.57 Å². The maximum absolute atomic E-state index is 5.70. The molecule has 0 amide bonds. The second-order valence-electron chi connectivity index (χ2n) is 3.66. The van der Waals surface area contributed by atoms with Crippen molar-refractivity contribution >= 4 is 28.3 Å². The topological polar surface area (TPSA) is 26.0 Å². The van der Waals surface area contributed by atoms with Crippen molar-refractivity contribution < 1.29 is 0 Å². The summed E-state index contributed by atoms with van der Waals surface area (Å²) in [6.45, 7) is 2.24. The lowest BCUT2D eigenvalue weighted by molar-refractivity contribution is 0.666. The molecule has 0 bridgehead atoms. The maximum Gasteiger partial charge on any atom is 0.0324 e. The molecule has 0 saturated carbocycles. The molecular weight excluding hydrogens is 285 g/mol. The van der Waals surface area contributed by atoms with Crippen LogP contribution in [0.15, 0.2) is 18.2 Å². The van der Waals surface area contributed by atoms with Crippen molar-refractivity contribution in [2.24, 2.45) is 0 Å². The molecule has 0 heterocycles. The average molecular weight is 303 g/mol. The first kappa shape index (κ1) is 11.8. The Morgan fingerprint density at radius 1 is 1.21 bits per heavy atom. The lowest BCUT2D eigenvalue weighted by Gasteiger charge is -2.05. The number of aryl methyl sites for hydroxylation is 1. The average Bonchev–Trinajstić information content (AvgIpc) is 2.15. The van der Waals surface area contributed by atoms with Crippen LogP contribution >= 0.6 is 22.6 Å². The third kappa shape index (κ3) is 3.86. The third-order valence-electron chi connectivity index (χ3n) is 2.38. The first-order valence-electron chi connectivity index (χ1n) is 5.28. The van der Waals surface area contributed by atoms with Crippen molar-refractivity contribution in [1.82, 2.24) is 0 Å². The van der Waals surface area contributed by atoms with Crippen molar-refractivity contribution in [2.45, 2.75) is 39.0 Å². The molecule has 0 aromatic heterocycles. The van der Waals surface area contributed by atoms with Gasteiger partial charge in [-0.05, 0) is 53.1 Å². The smallest absolute Gasteiger partial charge is 0.0324 e. The normalized spacial score (nSPS) is 10.4. The Balaban J connectivity index is 2.42.